The minimum Gasteiger partial charge on any atom is -0.322 e. The Kier molecular flexibility index (Phi) is 3.76. The Morgan fingerprint density at radius 3 is 2.67 bits per heavy atom. The summed E-state index contributed by atoms with van der Waals surface area (Å²) >= 11 is 0. The molecule has 1 saturated heterocycles. The number of nitrogens with zero attached hydrogens (tertiary/aromatic N) is 2. The molecular weight excluding hydrogens is 349 g/mol. The van der Waals surface area contributed by atoms with Gasteiger partial charge in [-0.15, -0.1) is 0 Å². The second kappa shape index (κ2) is 5.90. The van der Waals surface area contributed by atoms with Gasteiger partial charge in [0.1, 0.15) is 5.82 Å². The van der Waals surface area contributed by atoms with Gasteiger partial charge in [-0.2, -0.15) is 0 Å². The average molecular weight is 367 g/mol. The number of hydrogen-bond donors (Lipinski definition) is 1. The van der Waals surface area contributed by atoms with Crippen LogP contribution in [-0.2, 0) is 9.59 Å². The van der Waals surface area contributed by atoms with E-state index in [1.807, 2.05) is 0 Å². The van der Waals surface area contributed by atoms with Crippen LogP contribution in [0.15, 0.2) is 42.5 Å². The molecule has 0 spiro atoms. The van der Waals surface area contributed by atoms with Gasteiger partial charge in [0.2, 0.25) is 11.6 Å². The topological polar surface area (TPSA) is 69.7 Å². The lowest BCUT2D eigenvalue weighted by Crippen LogP contribution is -2.68. The van der Waals surface area contributed by atoms with E-state index in [0.717, 1.165) is 0 Å². The highest BCUT2D eigenvalue weighted by atomic mass is 19.1. The molecule has 2 aliphatic heterocycles. The van der Waals surface area contributed by atoms with Gasteiger partial charge in [0.15, 0.2) is 0 Å². The first-order valence-corrected chi connectivity index (χ1v) is 8.64. The average Bonchev–Trinajstić information content (AvgIpc) is 3.01. The minimum atomic E-state index is -1.47. The van der Waals surface area contributed by atoms with Gasteiger partial charge >= 0.3 is 0 Å². The van der Waals surface area contributed by atoms with E-state index in [1.165, 1.54) is 22.9 Å². The molecule has 27 heavy (non-hydrogen) atoms. The van der Waals surface area contributed by atoms with Gasteiger partial charge in [0.25, 0.3) is 11.8 Å². The van der Waals surface area contributed by atoms with E-state index in [4.69, 9.17) is 0 Å². The lowest BCUT2D eigenvalue weighted by atomic mass is 9.96. The number of nitrogens with one attached hydrogen (secondary N) is 1. The zero-order chi connectivity index (χ0) is 19.3. The Hall–Kier alpha value is -3.22. The van der Waals surface area contributed by atoms with Crippen LogP contribution in [0.2, 0.25) is 0 Å². The van der Waals surface area contributed by atoms with E-state index in [0.29, 0.717) is 16.8 Å². The number of hydrogen-bond acceptors (Lipinski definition) is 3. The van der Waals surface area contributed by atoms with Crippen LogP contribution in [0.1, 0.15) is 28.8 Å². The molecule has 4 rings (SSSR count). The molecule has 2 heterocycles. The summed E-state index contributed by atoms with van der Waals surface area (Å²) in [6, 6.07) is 11.1. The zero-order valence-corrected chi connectivity index (χ0v) is 15.0. The number of benzene rings is 2. The van der Waals surface area contributed by atoms with Crippen LogP contribution in [0.3, 0.4) is 0 Å². The SMILES string of the molecule is Cc1ccc(NC(=O)[C@@]23CCC(=O)N2c2ccccc2C(=O)N3C)cc1F. The molecule has 3 amide bonds. The molecule has 1 N–H and O–H groups in total. The van der Waals surface area contributed by atoms with Crippen LogP contribution in [-0.4, -0.2) is 35.3 Å². The Bertz CT molecular complexity index is 990. The van der Waals surface area contributed by atoms with Crippen molar-refractivity contribution in [3.8, 4) is 0 Å². The van der Waals surface area contributed by atoms with Crippen molar-refractivity contribution in [1.82, 2.24) is 4.90 Å². The van der Waals surface area contributed by atoms with Gasteiger partial charge in [0, 0.05) is 25.6 Å². The number of fused-ring (bicyclic) bond motifs is 3. The van der Waals surface area contributed by atoms with E-state index in [-0.39, 0.29) is 30.3 Å². The summed E-state index contributed by atoms with van der Waals surface area (Å²) in [5.41, 5.74) is 0.0664. The quantitative estimate of drug-likeness (QED) is 0.887. The molecule has 0 saturated carbocycles. The summed E-state index contributed by atoms with van der Waals surface area (Å²) in [6.07, 6.45) is 0.310. The third-order valence-corrected chi connectivity index (χ3v) is 5.34. The number of anilines is 2. The number of para-hydroxylation sites is 1. The first-order chi connectivity index (χ1) is 12.9. The van der Waals surface area contributed by atoms with E-state index >= 15 is 0 Å². The Morgan fingerprint density at radius 1 is 1.19 bits per heavy atom. The standard InChI is InChI=1S/C20H18FN3O3/c1-12-7-8-13(11-15(12)21)22-19(27)20-10-9-17(25)24(20)16-6-4-3-5-14(16)18(26)23(20)2/h3-8,11H,9-10H2,1-2H3,(H,22,27)/t20-/m1/s1. The minimum absolute atomic E-state index is 0.141. The number of carbonyl (C=O) groups excluding carboxylic acids is 3. The van der Waals surface area contributed by atoms with E-state index < -0.39 is 17.4 Å². The van der Waals surface area contributed by atoms with Crippen LogP contribution < -0.4 is 10.2 Å². The smallest absolute Gasteiger partial charge is 0.271 e. The summed E-state index contributed by atoms with van der Waals surface area (Å²) in [6.45, 7) is 1.63. The predicted octanol–water partition coefficient (Wildman–Crippen LogP) is 2.68. The number of halogens is 1. The normalized spacial score (nSPS) is 21.1. The van der Waals surface area contributed by atoms with Gasteiger partial charge in [-0.1, -0.05) is 18.2 Å². The molecule has 2 aromatic carbocycles. The lowest BCUT2D eigenvalue weighted by Gasteiger charge is -2.47. The molecule has 6 nitrogen and oxygen atoms in total. The molecule has 2 aromatic rings. The molecule has 0 bridgehead atoms. The largest absolute Gasteiger partial charge is 0.322 e. The molecule has 0 aromatic heterocycles. The van der Waals surface area contributed by atoms with Gasteiger partial charge < -0.3 is 10.2 Å². The third kappa shape index (κ3) is 2.34. The van der Waals surface area contributed by atoms with Gasteiger partial charge in [-0.05, 0) is 36.8 Å². The Labute approximate surface area is 155 Å². The van der Waals surface area contributed by atoms with Crippen molar-refractivity contribution in [1.29, 1.82) is 0 Å². The van der Waals surface area contributed by atoms with E-state index in [2.05, 4.69) is 5.32 Å². The second-order valence-corrected chi connectivity index (χ2v) is 6.85. The molecule has 1 atom stereocenters. The van der Waals surface area contributed by atoms with Crippen LogP contribution in [0, 0.1) is 12.7 Å². The fourth-order valence-electron chi connectivity index (χ4n) is 3.83. The highest BCUT2D eigenvalue weighted by Gasteiger charge is 2.59. The van der Waals surface area contributed by atoms with Crippen molar-refractivity contribution in [3.63, 3.8) is 0 Å². The van der Waals surface area contributed by atoms with Crippen molar-refractivity contribution in [2.45, 2.75) is 25.4 Å². The van der Waals surface area contributed by atoms with Crippen LogP contribution in [0.25, 0.3) is 0 Å². The number of amides is 3. The van der Waals surface area contributed by atoms with E-state index in [1.54, 1.807) is 43.3 Å². The van der Waals surface area contributed by atoms with Crippen LogP contribution >= 0.6 is 0 Å². The number of aryl methyl sites for hydroxylation is 1. The van der Waals surface area contributed by atoms with Crippen LogP contribution in [0.4, 0.5) is 15.8 Å². The molecule has 0 aliphatic carbocycles. The fraction of sp³-hybridized carbons (Fsp3) is 0.250. The van der Waals surface area contributed by atoms with Gasteiger partial charge in [-0.3, -0.25) is 19.3 Å². The zero-order valence-electron chi connectivity index (χ0n) is 15.0. The maximum absolute atomic E-state index is 13.9. The number of carbonyl (C=O) groups is 3. The number of rotatable bonds is 2. The molecule has 1 fully saturated rings. The van der Waals surface area contributed by atoms with Crippen molar-refractivity contribution >= 4 is 29.1 Å². The van der Waals surface area contributed by atoms with Gasteiger partial charge in [-0.25, -0.2) is 4.39 Å². The summed E-state index contributed by atoms with van der Waals surface area (Å²) < 4.78 is 13.9. The van der Waals surface area contributed by atoms with Crippen LogP contribution in [0.5, 0.6) is 0 Å². The summed E-state index contributed by atoms with van der Waals surface area (Å²) in [5.74, 6) is -1.54. The molecule has 0 radical (unpaired) electrons. The lowest BCUT2D eigenvalue weighted by molar-refractivity contribution is -0.128. The Balaban J connectivity index is 1.79. The van der Waals surface area contributed by atoms with E-state index in [9.17, 15) is 18.8 Å². The predicted molar refractivity (Wildman–Crippen MR) is 97.8 cm³/mol. The summed E-state index contributed by atoms with van der Waals surface area (Å²) in [5, 5.41) is 2.68. The van der Waals surface area contributed by atoms with Gasteiger partial charge in [0.05, 0.1) is 11.3 Å². The fourth-order valence-corrected chi connectivity index (χ4v) is 3.83. The maximum Gasteiger partial charge on any atom is 0.271 e. The summed E-state index contributed by atoms with van der Waals surface area (Å²) in [7, 11) is 1.51. The molecule has 7 heteroatoms. The van der Waals surface area contributed by atoms with Crippen molar-refractivity contribution in [2.24, 2.45) is 0 Å². The second-order valence-electron chi connectivity index (χ2n) is 6.85. The summed E-state index contributed by atoms with van der Waals surface area (Å²) in [4.78, 5) is 41.5. The van der Waals surface area contributed by atoms with Crippen molar-refractivity contribution < 1.29 is 18.8 Å². The molecule has 2 aliphatic rings. The molecule has 0 unspecified atom stereocenters. The first-order valence-electron chi connectivity index (χ1n) is 8.64. The molecule has 138 valence electrons. The Morgan fingerprint density at radius 2 is 1.93 bits per heavy atom. The maximum atomic E-state index is 13.9. The third-order valence-electron chi connectivity index (χ3n) is 5.34. The van der Waals surface area contributed by atoms with Crippen molar-refractivity contribution in [3.05, 3.63) is 59.4 Å². The monoisotopic (exact) mass is 367 g/mol. The highest BCUT2D eigenvalue weighted by molar-refractivity contribution is 6.18. The van der Waals surface area contributed by atoms with Crippen molar-refractivity contribution in [2.75, 3.05) is 17.3 Å². The first kappa shape index (κ1) is 17.2. The molecular formula is C20H18FN3O3. The highest BCUT2D eigenvalue weighted by Crippen LogP contribution is 2.44. The number of likely N-dealkylation sites (N-methyl/N-ethyl adjacent to an activating group) is 1.